The summed E-state index contributed by atoms with van der Waals surface area (Å²) in [4.78, 5) is 83.5. The van der Waals surface area contributed by atoms with Crippen molar-refractivity contribution in [2.24, 2.45) is 17.2 Å². The largest absolute Gasteiger partial charge is 0.355 e. The molecule has 0 fully saturated rings. The summed E-state index contributed by atoms with van der Waals surface area (Å²) in [5.41, 5.74) is 16.0. The second-order valence-corrected chi connectivity index (χ2v) is 10.2. The summed E-state index contributed by atoms with van der Waals surface area (Å²) in [6.45, 7) is 2.10. The molecule has 0 aromatic heterocycles. The fraction of sp³-hybridized carbons (Fsp3) is 0.750. The molecule has 0 radical (unpaired) electrons. The van der Waals surface area contributed by atoms with Crippen molar-refractivity contribution in [3.63, 3.8) is 0 Å². The molecule has 0 aliphatic heterocycles. The molecule has 0 spiro atoms. The van der Waals surface area contributed by atoms with E-state index in [1.54, 1.807) is 0 Å². The molecule has 17 heteroatoms. The maximum atomic E-state index is 12.6. The van der Waals surface area contributed by atoms with Gasteiger partial charge in [0.2, 0.25) is 41.4 Å². The predicted octanol–water partition coefficient (Wildman–Crippen LogP) is -3.66. The van der Waals surface area contributed by atoms with E-state index in [9.17, 15) is 33.6 Å². The van der Waals surface area contributed by atoms with E-state index in [4.69, 9.17) is 17.2 Å². The quantitative estimate of drug-likeness (QED) is 0.0392. The minimum atomic E-state index is -0.902. The highest BCUT2D eigenvalue weighted by Gasteiger charge is 2.20. The van der Waals surface area contributed by atoms with E-state index in [1.165, 1.54) is 0 Å². The number of nitrogens with two attached hydrogens (primary N) is 3. The van der Waals surface area contributed by atoms with Crippen LogP contribution in [0.1, 0.15) is 70.6 Å². The summed E-state index contributed by atoms with van der Waals surface area (Å²) in [5.74, 6) is -1.82. The van der Waals surface area contributed by atoms with Crippen LogP contribution in [0, 0.1) is 0 Å². The number of carbonyl (C=O) groups excluding carboxylic acids is 7. The number of hydrogen-bond donors (Lipinski definition) is 10. The summed E-state index contributed by atoms with van der Waals surface area (Å²) >= 11 is 0. The van der Waals surface area contributed by atoms with Crippen LogP contribution in [0.15, 0.2) is 0 Å². The lowest BCUT2D eigenvalue weighted by atomic mass is 10.1. The number of amides is 7. The molecule has 0 saturated heterocycles. The van der Waals surface area contributed by atoms with Gasteiger partial charge in [-0.1, -0.05) is 0 Å². The van der Waals surface area contributed by atoms with Gasteiger partial charge in [-0.05, 0) is 38.5 Å². The molecule has 7 amide bonds. The van der Waals surface area contributed by atoms with Crippen LogP contribution < -0.4 is 54.4 Å². The van der Waals surface area contributed by atoms with Gasteiger partial charge in [0.25, 0.3) is 0 Å². The van der Waals surface area contributed by atoms with Gasteiger partial charge in [-0.15, -0.1) is 0 Å². The second-order valence-electron chi connectivity index (χ2n) is 10.2. The lowest BCUT2D eigenvalue weighted by molar-refractivity contribution is -0.128. The normalized spacial score (nSPS) is 11.1. The molecule has 0 aliphatic carbocycles. The first kappa shape index (κ1) is 41.2. The van der Waals surface area contributed by atoms with Gasteiger partial charge in [0.05, 0.1) is 6.54 Å². The van der Waals surface area contributed by atoms with E-state index in [-0.39, 0.29) is 87.9 Å². The van der Waals surface area contributed by atoms with Crippen LogP contribution in [-0.4, -0.2) is 106 Å². The van der Waals surface area contributed by atoms with Crippen LogP contribution >= 0.6 is 0 Å². The molecule has 0 aromatic carbocycles. The van der Waals surface area contributed by atoms with E-state index in [0.717, 1.165) is 0 Å². The molecule has 0 rings (SSSR count). The summed E-state index contributed by atoms with van der Waals surface area (Å²) in [6.07, 6.45) is 4.05. The molecule has 1 atom stereocenters. The van der Waals surface area contributed by atoms with E-state index in [1.807, 2.05) is 0 Å². The van der Waals surface area contributed by atoms with Crippen molar-refractivity contribution in [1.29, 1.82) is 0 Å². The first-order valence-electron chi connectivity index (χ1n) is 15.6. The van der Waals surface area contributed by atoms with Crippen molar-refractivity contribution in [1.82, 2.24) is 37.2 Å². The van der Waals surface area contributed by atoms with Crippen molar-refractivity contribution < 1.29 is 33.6 Å². The highest BCUT2D eigenvalue weighted by atomic mass is 16.2. The number of carbonyl (C=O) groups is 7. The third-order valence-electron chi connectivity index (χ3n) is 6.30. The fourth-order valence-corrected chi connectivity index (χ4v) is 3.91. The van der Waals surface area contributed by atoms with Crippen molar-refractivity contribution in [3.8, 4) is 0 Å². The summed E-state index contributed by atoms with van der Waals surface area (Å²) in [5, 5.41) is 18.6. The van der Waals surface area contributed by atoms with Crippen molar-refractivity contribution in [2.75, 3.05) is 58.9 Å². The first-order valence-corrected chi connectivity index (χ1v) is 15.6. The van der Waals surface area contributed by atoms with Gasteiger partial charge in [-0.3, -0.25) is 33.6 Å². The number of nitrogens with one attached hydrogen (secondary N) is 7. The average Bonchev–Trinajstić information content (AvgIpc) is 3.02. The Bertz CT molecular complexity index is 920. The summed E-state index contributed by atoms with van der Waals surface area (Å²) in [7, 11) is 0. The molecule has 0 aromatic rings. The van der Waals surface area contributed by atoms with Crippen molar-refractivity contribution in [2.45, 2.75) is 76.7 Å². The van der Waals surface area contributed by atoms with Gasteiger partial charge in [-0.25, -0.2) is 0 Å². The Labute approximate surface area is 265 Å². The van der Waals surface area contributed by atoms with E-state index in [2.05, 4.69) is 37.2 Å². The Balaban J connectivity index is 4.16. The van der Waals surface area contributed by atoms with Crippen LogP contribution in [0.3, 0.4) is 0 Å². The number of hydrogen-bond acceptors (Lipinski definition) is 10. The van der Waals surface area contributed by atoms with Crippen LogP contribution in [-0.2, 0) is 33.6 Å². The molecular formula is C28H54N10O7. The third-order valence-corrected chi connectivity index (χ3v) is 6.30. The topological polar surface area (TPSA) is 282 Å². The van der Waals surface area contributed by atoms with Crippen molar-refractivity contribution >= 4 is 41.4 Å². The Kier molecular flexibility index (Phi) is 25.3. The molecule has 0 aliphatic rings. The highest BCUT2D eigenvalue weighted by Crippen LogP contribution is 2.03. The standard InChI is InChI=1S/C28H54N10O7/c29-12-14-32-22(39)7-1-3-9-24(41)34-16-17-35-26(43)11-5-6-21(38-27(44)20-31)28(45)37-19-18-36-25(42)10-4-2-8-23(40)33-15-13-30/h21H,1-20,29-31H2,(H,32,39)(H,33,40)(H,34,41)(H,35,43)(H,36,42)(H,37,45)(H,38,44). The lowest BCUT2D eigenvalue weighted by Gasteiger charge is -2.18. The smallest absolute Gasteiger partial charge is 0.242 e. The summed E-state index contributed by atoms with van der Waals surface area (Å²) in [6, 6.07) is -0.902. The molecule has 13 N–H and O–H groups in total. The van der Waals surface area contributed by atoms with Gasteiger partial charge in [0.15, 0.2) is 0 Å². The zero-order valence-electron chi connectivity index (χ0n) is 26.3. The Hall–Kier alpha value is -3.83. The van der Waals surface area contributed by atoms with Gasteiger partial charge >= 0.3 is 0 Å². The SMILES string of the molecule is NCCNC(=O)CCCCC(=O)NCCNC(=O)CCCC(NC(=O)CN)C(=O)NCCNC(=O)CCCCC(=O)NCCN. The monoisotopic (exact) mass is 642 g/mol. The Morgan fingerprint density at radius 2 is 0.756 bits per heavy atom. The molecule has 0 bridgehead atoms. The highest BCUT2D eigenvalue weighted by molar-refractivity contribution is 5.88. The Morgan fingerprint density at radius 1 is 0.422 bits per heavy atom. The maximum absolute atomic E-state index is 12.6. The molecular weight excluding hydrogens is 588 g/mol. The van der Waals surface area contributed by atoms with Gasteiger partial charge in [0.1, 0.15) is 6.04 Å². The van der Waals surface area contributed by atoms with Gasteiger partial charge < -0.3 is 54.4 Å². The van der Waals surface area contributed by atoms with E-state index in [0.29, 0.717) is 71.1 Å². The maximum Gasteiger partial charge on any atom is 0.242 e. The zero-order valence-corrected chi connectivity index (χ0v) is 26.3. The minimum Gasteiger partial charge on any atom is -0.355 e. The van der Waals surface area contributed by atoms with Crippen LogP contribution in [0.4, 0.5) is 0 Å². The fourth-order valence-electron chi connectivity index (χ4n) is 3.91. The molecule has 1 unspecified atom stereocenters. The Morgan fingerprint density at radius 3 is 1.11 bits per heavy atom. The molecule has 17 nitrogen and oxygen atoms in total. The summed E-state index contributed by atoms with van der Waals surface area (Å²) < 4.78 is 0. The van der Waals surface area contributed by atoms with E-state index < -0.39 is 17.9 Å². The zero-order chi connectivity index (χ0) is 33.7. The van der Waals surface area contributed by atoms with E-state index >= 15 is 0 Å². The third kappa shape index (κ3) is 25.2. The van der Waals surface area contributed by atoms with Crippen LogP contribution in [0.25, 0.3) is 0 Å². The van der Waals surface area contributed by atoms with Gasteiger partial charge in [0, 0.05) is 84.5 Å². The van der Waals surface area contributed by atoms with Gasteiger partial charge in [-0.2, -0.15) is 0 Å². The predicted molar refractivity (Wildman–Crippen MR) is 168 cm³/mol. The molecule has 45 heavy (non-hydrogen) atoms. The number of unbranched alkanes of at least 4 members (excludes halogenated alkanes) is 2. The minimum absolute atomic E-state index is 0.0928. The van der Waals surface area contributed by atoms with Crippen LogP contribution in [0.5, 0.6) is 0 Å². The van der Waals surface area contributed by atoms with Crippen molar-refractivity contribution in [3.05, 3.63) is 0 Å². The van der Waals surface area contributed by atoms with Crippen LogP contribution in [0.2, 0.25) is 0 Å². The average molecular weight is 643 g/mol. The first-order chi connectivity index (χ1) is 21.6. The lowest BCUT2D eigenvalue weighted by Crippen LogP contribution is -2.49. The second kappa shape index (κ2) is 27.7. The number of rotatable bonds is 27. The molecule has 0 saturated carbocycles. The molecule has 0 heterocycles. The molecule has 258 valence electrons.